The monoisotopic (exact) mass is 340 g/mol. The van der Waals surface area contributed by atoms with Gasteiger partial charge in [-0.2, -0.15) is 0 Å². The van der Waals surface area contributed by atoms with Gasteiger partial charge in [0.05, 0.1) is 13.5 Å². The number of carbonyl (C=O) groups excluding carboxylic acids is 2. The topological polar surface area (TPSA) is 81.4 Å². The van der Waals surface area contributed by atoms with Crippen LogP contribution >= 0.6 is 0 Å². The summed E-state index contributed by atoms with van der Waals surface area (Å²) in [5, 5.41) is 5.17. The summed E-state index contributed by atoms with van der Waals surface area (Å²) in [5.41, 5.74) is 6.38. The highest BCUT2D eigenvalue weighted by Crippen LogP contribution is 2.26. The van der Waals surface area contributed by atoms with Gasteiger partial charge in [-0.05, 0) is 47.7 Å². The maximum Gasteiger partial charge on any atom is 0.224 e. The fourth-order valence-corrected chi connectivity index (χ4v) is 3.63. The van der Waals surface area contributed by atoms with Crippen molar-refractivity contribution in [1.29, 1.82) is 0 Å². The SMILES string of the molecule is COc1ccc2cccc(CC(=O)N[C@@H]3CCC[C@@H](C(N)=O)C3)c2c1. The second-order valence-electron chi connectivity index (χ2n) is 6.71. The minimum absolute atomic E-state index is 0.0227. The van der Waals surface area contributed by atoms with E-state index in [1.807, 2.05) is 36.4 Å². The summed E-state index contributed by atoms with van der Waals surface area (Å²) in [6, 6.07) is 11.8. The number of hydrogen-bond acceptors (Lipinski definition) is 3. The van der Waals surface area contributed by atoms with Crippen LogP contribution in [0, 0.1) is 5.92 Å². The van der Waals surface area contributed by atoms with E-state index in [4.69, 9.17) is 10.5 Å². The Bertz CT molecular complexity index is 788. The minimum atomic E-state index is -0.264. The van der Waals surface area contributed by atoms with Crippen molar-refractivity contribution in [3.8, 4) is 5.75 Å². The summed E-state index contributed by atoms with van der Waals surface area (Å²) in [7, 11) is 1.63. The summed E-state index contributed by atoms with van der Waals surface area (Å²) >= 11 is 0. The molecule has 0 heterocycles. The van der Waals surface area contributed by atoms with Crippen molar-refractivity contribution < 1.29 is 14.3 Å². The van der Waals surface area contributed by atoms with E-state index in [-0.39, 0.29) is 23.8 Å². The third kappa shape index (κ3) is 4.10. The van der Waals surface area contributed by atoms with E-state index < -0.39 is 0 Å². The maximum absolute atomic E-state index is 12.5. The predicted octanol–water partition coefficient (Wildman–Crippen LogP) is 2.55. The van der Waals surface area contributed by atoms with Gasteiger partial charge in [-0.1, -0.05) is 30.7 Å². The number of nitrogens with one attached hydrogen (secondary N) is 1. The first-order valence-corrected chi connectivity index (χ1v) is 8.71. The number of methoxy groups -OCH3 is 1. The van der Waals surface area contributed by atoms with Crippen LogP contribution in [0.4, 0.5) is 0 Å². The molecule has 0 unspecified atom stereocenters. The normalized spacial score (nSPS) is 20.2. The van der Waals surface area contributed by atoms with Gasteiger partial charge in [0.2, 0.25) is 11.8 Å². The van der Waals surface area contributed by atoms with E-state index in [0.717, 1.165) is 41.3 Å². The van der Waals surface area contributed by atoms with Crippen LogP contribution in [-0.4, -0.2) is 25.0 Å². The molecule has 1 saturated carbocycles. The van der Waals surface area contributed by atoms with Crippen molar-refractivity contribution in [2.75, 3.05) is 7.11 Å². The quantitative estimate of drug-likeness (QED) is 0.877. The molecule has 0 aromatic heterocycles. The summed E-state index contributed by atoms with van der Waals surface area (Å²) in [6.45, 7) is 0. The molecule has 2 aromatic rings. The number of primary amides is 1. The summed E-state index contributed by atoms with van der Waals surface area (Å²) < 4.78 is 5.29. The lowest BCUT2D eigenvalue weighted by atomic mass is 9.85. The Morgan fingerprint density at radius 1 is 1.24 bits per heavy atom. The molecule has 0 radical (unpaired) electrons. The lowest BCUT2D eigenvalue weighted by molar-refractivity contribution is -0.125. The number of amides is 2. The van der Waals surface area contributed by atoms with E-state index in [1.54, 1.807) is 7.11 Å². The molecule has 132 valence electrons. The zero-order valence-electron chi connectivity index (χ0n) is 14.5. The Balaban J connectivity index is 1.70. The van der Waals surface area contributed by atoms with Gasteiger partial charge >= 0.3 is 0 Å². The Labute approximate surface area is 147 Å². The molecule has 25 heavy (non-hydrogen) atoms. The Morgan fingerprint density at radius 2 is 2.08 bits per heavy atom. The third-order valence-corrected chi connectivity index (χ3v) is 4.97. The first-order chi connectivity index (χ1) is 12.1. The highest BCUT2D eigenvalue weighted by Gasteiger charge is 2.26. The molecule has 2 atom stereocenters. The van der Waals surface area contributed by atoms with Gasteiger partial charge in [-0.3, -0.25) is 9.59 Å². The average molecular weight is 340 g/mol. The Kier molecular flexibility index (Phi) is 5.22. The lowest BCUT2D eigenvalue weighted by Gasteiger charge is -2.28. The van der Waals surface area contributed by atoms with Crippen molar-refractivity contribution in [1.82, 2.24) is 5.32 Å². The number of hydrogen-bond donors (Lipinski definition) is 2. The molecule has 0 aliphatic heterocycles. The molecule has 0 spiro atoms. The smallest absolute Gasteiger partial charge is 0.224 e. The highest BCUT2D eigenvalue weighted by atomic mass is 16.5. The first-order valence-electron chi connectivity index (χ1n) is 8.71. The van der Waals surface area contributed by atoms with Crippen LogP contribution in [0.25, 0.3) is 10.8 Å². The molecule has 3 rings (SSSR count). The molecule has 2 amide bonds. The molecule has 1 aliphatic carbocycles. The van der Waals surface area contributed by atoms with E-state index in [1.165, 1.54) is 0 Å². The van der Waals surface area contributed by atoms with Crippen LogP contribution in [0.2, 0.25) is 0 Å². The van der Waals surface area contributed by atoms with Crippen LogP contribution in [0.5, 0.6) is 5.75 Å². The van der Waals surface area contributed by atoms with Gasteiger partial charge in [-0.25, -0.2) is 0 Å². The molecular formula is C20H24N2O3. The molecule has 3 N–H and O–H groups in total. The second-order valence-corrected chi connectivity index (χ2v) is 6.71. The zero-order chi connectivity index (χ0) is 17.8. The predicted molar refractivity (Wildman–Crippen MR) is 97.3 cm³/mol. The molecule has 0 bridgehead atoms. The van der Waals surface area contributed by atoms with Crippen LogP contribution in [0.3, 0.4) is 0 Å². The first kappa shape index (κ1) is 17.3. The molecular weight excluding hydrogens is 316 g/mol. The number of fused-ring (bicyclic) bond motifs is 1. The van der Waals surface area contributed by atoms with E-state index >= 15 is 0 Å². The van der Waals surface area contributed by atoms with Crippen LogP contribution in [0.1, 0.15) is 31.2 Å². The lowest BCUT2D eigenvalue weighted by Crippen LogP contribution is -2.41. The fraction of sp³-hybridized carbons (Fsp3) is 0.400. The zero-order valence-corrected chi connectivity index (χ0v) is 14.5. The van der Waals surface area contributed by atoms with Gasteiger partial charge in [0.15, 0.2) is 0 Å². The van der Waals surface area contributed by atoms with E-state index in [2.05, 4.69) is 5.32 Å². The minimum Gasteiger partial charge on any atom is -0.497 e. The van der Waals surface area contributed by atoms with Gasteiger partial charge in [0.1, 0.15) is 5.75 Å². The number of benzene rings is 2. The number of rotatable bonds is 5. The van der Waals surface area contributed by atoms with Crippen molar-refractivity contribution in [3.05, 3.63) is 42.0 Å². The van der Waals surface area contributed by atoms with Crippen molar-refractivity contribution in [2.24, 2.45) is 11.7 Å². The molecule has 0 saturated heterocycles. The standard InChI is InChI=1S/C20H24N2O3/c1-25-17-9-8-13-4-2-5-14(18(13)12-17)11-19(23)22-16-7-3-6-15(10-16)20(21)24/h2,4-5,8-9,12,15-16H,3,6-7,10-11H2,1H3,(H2,21,24)(H,22,23)/t15-,16-/m1/s1. The third-order valence-electron chi connectivity index (χ3n) is 4.97. The van der Waals surface area contributed by atoms with Crippen molar-refractivity contribution >= 4 is 22.6 Å². The molecule has 1 aliphatic rings. The van der Waals surface area contributed by atoms with E-state index in [9.17, 15) is 9.59 Å². The van der Waals surface area contributed by atoms with Gasteiger partial charge in [-0.15, -0.1) is 0 Å². The summed E-state index contributed by atoms with van der Waals surface area (Å²) in [6.07, 6.45) is 3.60. The number of carbonyl (C=O) groups is 2. The van der Waals surface area contributed by atoms with Crippen molar-refractivity contribution in [3.63, 3.8) is 0 Å². The molecule has 5 heteroatoms. The Hall–Kier alpha value is -2.56. The summed E-state index contributed by atoms with van der Waals surface area (Å²) in [4.78, 5) is 23.9. The maximum atomic E-state index is 12.5. The van der Waals surface area contributed by atoms with Crippen LogP contribution in [-0.2, 0) is 16.0 Å². The van der Waals surface area contributed by atoms with Gasteiger partial charge in [0, 0.05) is 12.0 Å². The van der Waals surface area contributed by atoms with Crippen LogP contribution in [0.15, 0.2) is 36.4 Å². The number of ether oxygens (including phenoxy) is 1. The van der Waals surface area contributed by atoms with Crippen LogP contribution < -0.4 is 15.8 Å². The molecule has 5 nitrogen and oxygen atoms in total. The Morgan fingerprint density at radius 3 is 2.84 bits per heavy atom. The second kappa shape index (κ2) is 7.55. The largest absolute Gasteiger partial charge is 0.497 e. The molecule has 2 aromatic carbocycles. The molecule has 1 fully saturated rings. The summed E-state index contributed by atoms with van der Waals surface area (Å²) in [5.74, 6) is 0.364. The average Bonchev–Trinajstić information content (AvgIpc) is 2.61. The van der Waals surface area contributed by atoms with Crippen molar-refractivity contribution in [2.45, 2.75) is 38.1 Å². The fourth-order valence-electron chi connectivity index (χ4n) is 3.63. The number of nitrogens with two attached hydrogens (primary N) is 1. The van der Waals surface area contributed by atoms with Gasteiger partial charge in [0.25, 0.3) is 0 Å². The highest BCUT2D eigenvalue weighted by molar-refractivity contribution is 5.91. The van der Waals surface area contributed by atoms with E-state index in [0.29, 0.717) is 12.8 Å². The van der Waals surface area contributed by atoms with Gasteiger partial charge < -0.3 is 15.8 Å².